The van der Waals surface area contributed by atoms with Gasteiger partial charge < -0.3 is 15.5 Å². The molecule has 5 nitrogen and oxygen atoms in total. The zero-order valence-electron chi connectivity index (χ0n) is 10.4. The van der Waals surface area contributed by atoms with Crippen LogP contribution in [0.5, 0.6) is 0 Å². The molecule has 0 unspecified atom stereocenters. The fourth-order valence-electron chi connectivity index (χ4n) is 1.98. The molecule has 0 saturated carbocycles. The van der Waals surface area contributed by atoms with E-state index < -0.39 is 0 Å². The summed E-state index contributed by atoms with van der Waals surface area (Å²) in [4.78, 5) is 26.6. The van der Waals surface area contributed by atoms with Gasteiger partial charge in [-0.05, 0) is 30.7 Å². The van der Waals surface area contributed by atoms with Crippen LogP contribution in [0, 0.1) is 0 Å². The normalized spacial score (nSPS) is 14.9. The van der Waals surface area contributed by atoms with Crippen molar-refractivity contribution < 1.29 is 9.59 Å². The molecule has 0 radical (unpaired) electrons. The van der Waals surface area contributed by atoms with Crippen LogP contribution in [0.15, 0.2) is 24.3 Å². The van der Waals surface area contributed by atoms with Crippen molar-refractivity contribution >= 4 is 23.2 Å². The van der Waals surface area contributed by atoms with Gasteiger partial charge in [0, 0.05) is 31.4 Å². The Bertz CT molecular complexity index is 456. The molecule has 18 heavy (non-hydrogen) atoms. The lowest BCUT2D eigenvalue weighted by Crippen LogP contribution is -2.38. The van der Waals surface area contributed by atoms with E-state index in [1.165, 1.54) is 0 Å². The lowest BCUT2D eigenvalue weighted by Gasteiger charge is -2.21. The second kappa shape index (κ2) is 5.08. The molecule has 0 atom stereocenters. The van der Waals surface area contributed by atoms with Crippen molar-refractivity contribution in [1.29, 1.82) is 0 Å². The zero-order valence-corrected chi connectivity index (χ0v) is 10.4. The van der Waals surface area contributed by atoms with Crippen LogP contribution in [0.3, 0.4) is 0 Å². The predicted molar refractivity (Wildman–Crippen MR) is 70.1 cm³/mol. The third kappa shape index (κ3) is 2.61. The van der Waals surface area contributed by atoms with Crippen LogP contribution in [-0.2, 0) is 9.59 Å². The Balaban J connectivity index is 2.00. The lowest BCUT2D eigenvalue weighted by molar-refractivity contribution is -0.132. The Morgan fingerprint density at radius 3 is 2.61 bits per heavy atom. The average molecular weight is 247 g/mol. The number of carbonyl (C=O) groups excluding carboxylic acids is 2. The number of rotatable bonds is 3. The van der Waals surface area contributed by atoms with E-state index in [-0.39, 0.29) is 18.4 Å². The highest BCUT2D eigenvalue weighted by Crippen LogP contribution is 2.16. The van der Waals surface area contributed by atoms with Crippen LogP contribution in [0.2, 0.25) is 0 Å². The van der Waals surface area contributed by atoms with E-state index in [0.717, 1.165) is 12.1 Å². The minimum absolute atomic E-state index is 0.0639. The molecular weight excluding hydrogens is 230 g/mol. The van der Waals surface area contributed by atoms with Gasteiger partial charge in [0.1, 0.15) is 6.54 Å². The van der Waals surface area contributed by atoms with Crippen LogP contribution in [0.25, 0.3) is 0 Å². The molecule has 1 heterocycles. The summed E-state index contributed by atoms with van der Waals surface area (Å²) in [5, 5.41) is 0. The Kier molecular flexibility index (Phi) is 3.50. The fraction of sp³-hybridized carbons (Fsp3) is 0.385. The topological polar surface area (TPSA) is 66.6 Å². The zero-order chi connectivity index (χ0) is 13.1. The Labute approximate surface area is 106 Å². The van der Waals surface area contributed by atoms with Gasteiger partial charge in [-0.3, -0.25) is 9.59 Å². The number of hydrogen-bond acceptors (Lipinski definition) is 3. The van der Waals surface area contributed by atoms with E-state index in [9.17, 15) is 9.59 Å². The highest BCUT2D eigenvalue weighted by atomic mass is 16.2. The number of amides is 2. The van der Waals surface area contributed by atoms with Crippen LogP contribution in [-0.4, -0.2) is 36.9 Å². The molecule has 1 aromatic carbocycles. The lowest BCUT2D eigenvalue weighted by atomic mass is 10.2. The molecule has 0 bridgehead atoms. The number of nitrogen functional groups attached to an aromatic ring is 1. The van der Waals surface area contributed by atoms with Crippen LogP contribution >= 0.6 is 0 Å². The third-order valence-corrected chi connectivity index (χ3v) is 3.15. The molecule has 2 amide bonds. The number of nitrogens with two attached hydrogens (primary N) is 1. The molecule has 5 heteroatoms. The van der Waals surface area contributed by atoms with E-state index in [1.807, 2.05) is 0 Å². The molecule has 0 aromatic heterocycles. The van der Waals surface area contributed by atoms with E-state index in [0.29, 0.717) is 18.7 Å². The van der Waals surface area contributed by atoms with Gasteiger partial charge in [0.2, 0.25) is 11.8 Å². The summed E-state index contributed by atoms with van der Waals surface area (Å²) in [6.45, 7) is 0.833. The van der Waals surface area contributed by atoms with E-state index in [4.69, 9.17) is 5.73 Å². The standard InChI is InChI=1S/C13H17N3O2/c1-15(11-6-4-10(14)5-7-11)13(18)9-16-8-2-3-12(16)17/h4-7H,2-3,8-9,14H2,1H3. The Hall–Kier alpha value is -2.04. The second-order valence-electron chi connectivity index (χ2n) is 4.46. The van der Waals surface area contributed by atoms with E-state index in [2.05, 4.69) is 0 Å². The molecule has 1 saturated heterocycles. The number of benzene rings is 1. The molecule has 1 fully saturated rings. The van der Waals surface area contributed by atoms with Crippen molar-refractivity contribution in [2.24, 2.45) is 0 Å². The van der Waals surface area contributed by atoms with Gasteiger partial charge in [-0.2, -0.15) is 0 Å². The van der Waals surface area contributed by atoms with E-state index >= 15 is 0 Å². The van der Waals surface area contributed by atoms with Gasteiger partial charge in [-0.1, -0.05) is 0 Å². The van der Waals surface area contributed by atoms with Crippen molar-refractivity contribution in [3.63, 3.8) is 0 Å². The summed E-state index contributed by atoms with van der Waals surface area (Å²) < 4.78 is 0. The number of nitrogens with zero attached hydrogens (tertiary/aromatic N) is 2. The number of carbonyl (C=O) groups is 2. The van der Waals surface area contributed by atoms with Crippen LogP contribution in [0.1, 0.15) is 12.8 Å². The maximum Gasteiger partial charge on any atom is 0.246 e. The summed E-state index contributed by atoms with van der Waals surface area (Å²) in [7, 11) is 1.70. The minimum Gasteiger partial charge on any atom is -0.399 e. The van der Waals surface area contributed by atoms with Gasteiger partial charge >= 0.3 is 0 Å². The first-order valence-corrected chi connectivity index (χ1v) is 5.98. The maximum absolute atomic E-state index is 12.0. The number of anilines is 2. The van der Waals surface area contributed by atoms with Crippen LogP contribution < -0.4 is 10.6 Å². The largest absolute Gasteiger partial charge is 0.399 e. The van der Waals surface area contributed by atoms with Gasteiger partial charge in [-0.25, -0.2) is 0 Å². The first kappa shape index (κ1) is 12.4. The maximum atomic E-state index is 12.0. The summed E-state index contributed by atoms with van der Waals surface area (Å²) >= 11 is 0. The first-order valence-electron chi connectivity index (χ1n) is 5.98. The summed E-state index contributed by atoms with van der Waals surface area (Å²) in [6, 6.07) is 7.08. The van der Waals surface area contributed by atoms with Crippen LogP contribution in [0.4, 0.5) is 11.4 Å². The second-order valence-corrected chi connectivity index (χ2v) is 4.46. The fourth-order valence-corrected chi connectivity index (χ4v) is 1.98. The number of likely N-dealkylation sites (N-methyl/N-ethyl adjacent to an activating group) is 1. The molecular formula is C13H17N3O2. The molecule has 2 N–H and O–H groups in total. The van der Waals surface area contributed by atoms with Gasteiger partial charge in [0.25, 0.3) is 0 Å². The Morgan fingerprint density at radius 2 is 2.06 bits per heavy atom. The quantitative estimate of drug-likeness (QED) is 0.805. The minimum atomic E-state index is -0.0879. The summed E-state index contributed by atoms with van der Waals surface area (Å²) in [5.41, 5.74) is 7.04. The molecule has 1 aliphatic heterocycles. The SMILES string of the molecule is CN(C(=O)CN1CCCC1=O)c1ccc(N)cc1. The predicted octanol–water partition coefficient (Wildman–Crippen LogP) is 0.854. The van der Waals surface area contributed by atoms with Crippen molar-refractivity contribution in [2.45, 2.75) is 12.8 Å². The third-order valence-electron chi connectivity index (χ3n) is 3.15. The molecule has 0 spiro atoms. The highest BCUT2D eigenvalue weighted by Gasteiger charge is 2.24. The summed E-state index contributed by atoms with van der Waals surface area (Å²) in [6.07, 6.45) is 1.40. The first-order chi connectivity index (χ1) is 8.58. The van der Waals surface area contributed by atoms with Gasteiger partial charge in [0.15, 0.2) is 0 Å². The smallest absolute Gasteiger partial charge is 0.246 e. The van der Waals surface area contributed by atoms with Crippen molar-refractivity contribution in [3.8, 4) is 0 Å². The molecule has 0 aliphatic carbocycles. The molecule has 1 aromatic rings. The number of hydrogen-bond donors (Lipinski definition) is 1. The average Bonchev–Trinajstić information content (AvgIpc) is 2.75. The summed E-state index contributed by atoms with van der Waals surface area (Å²) in [5.74, 6) is -0.0240. The molecule has 2 rings (SSSR count). The highest BCUT2D eigenvalue weighted by molar-refractivity contribution is 5.96. The Morgan fingerprint density at radius 1 is 1.39 bits per heavy atom. The van der Waals surface area contributed by atoms with Gasteiger partial charge in [-0.15, -0.1) is 0 Å². The van der Waals surface area contributed by atoms with Gasteiger partial charge in [0.05, 0.1) is 0 Å². The number of likely N-dealkylation sites (tertiary alicyclic amines) is 1. The monoisotopic (exact) mass is 247 g/mol. The van der Waals surface area contributed by atoms with Crippen molar-refractivity contribution in [1.82, 2.24) is 4.90 Å². The van der Waals surface area contributed by atoms with Crippen molar-refractivity contribution in [3.05, 3.63) is 24.3 Å². The molecule has 96 valence electrons. The van der Waals surface area contributed by atoms with E-state index in [1.54, 1.807) is 41.1 Å². The molecule has 1 aliphatic rings. The van der Waals surface area contributed by atoms with Crippen molar-refractivity contribution in [2.75, 3.05) is 30.8 Å².